The van der Waals surface area contributed by atoms with E-state index >= 15 is 0 Å². The standard InChI is InChI=1S/CClN5O2/c2-1(7(8)9)3-5-6-4-1. The molecule has 1 heterocycles. The van der Waals surface area contributed by atoms with Gasteiger partial charge in [0.15, 0.2) is 0 Å². The van der Waals surface area contributed by atoms with Gasteiger partial charge < -0.3 is 0 Å². The summed E-state index contributed by atoms with van der Waals surface area (Å²) in [5, 5.41) is 19.3. The number of rotatable bonds is 1. The van der Waals surface area contributed by atoms with E-state index in [2.05, 4.69) is 20.7 Å². The molecule has 1 rings (SSSR count). The summed E-state index contributed by atoms with van der Waals surface area (Å²) in [5.41, 5.74) is 0. The number of hydrogen-bond donors (Lipinski definition) is 0. The van der Waals surface area contributed by atoms with Crippen LogP contribution in [0.15, 0.2) is 20.7 Å². The van der Waals surface area contributed by atoms with Crippen molar-refractivity contribution in [3.05, 3.63) is 10.1 Å². The number of nitrogens with zero attached hydrogens (tertiary/aromatic N) is 5. The largest absolute Gasteiger partial charge is 0.530 e. The van der Waals surface area contributed by atoms with Gasteiger partial charge in [-0.3, -0.25) is 10.1 Å². The SMILES string of the molecule is O=[N+]([O-])C1(Cl)N=NN=N1. The van der Waals surface area contributed by atoms with Crippen molar-refractivity contribution in [2.24, 2.45) is 20.7 Å². The summed E-state index contributed by atoms with van der Waals surface area (Å²) in [4.78, 5) is 9.00. The van der Waals surface area contributed by atoms with Gasteiger partial charge in [0.25, 0.3) is 0 Å². The van der Waals surface area contributed by atoms with Crippen LogP contribution >= 0.6 is 11.6 Å². The van der Waals surface area contributed by atoms with Crippen molar-refractivity contribution in [3.63, 3.8) is 0 Å². The molecule has 1 aliphatic rings. The van der Waals surface area contributed by atoms with E-state index < -0.39 is 10.2 Å². The Morgan fingerprint density at radius 2 is 1.89 bits per heavy atom. The van der Waals surface area contributed by atoms with Crippen LogP contribution in [0.4, 0.5) is 0 Å². The van der Waals surface area contributed by atoms with Gasteiger partial charge in [0.1, 0.15) is 0 Å². The minimum atomic E-state index is -2.19. The first-order valence-corrected chi connectivity index (χ1v) is 2.20. The minimum absolute atomic E-state index is 0.894. The van der Waals surface area contributed by atoms with Crippen molar-refractivity contribution in [3.8, 4) is 0 Å². The monoisotopic (exact) mass is 149 g/mol. The zero-order chi connectivity index (χ0) is 6.91. The van der Waals surface area contributed by atoms with E-state index in [0.717, 1.165) is 0 Å². The summed E-state index contributed by atoms with van der Waals surface area (Å²) in [6.45, 7) is 0. The van der Waals surface area contributed by atoms with Crippen molar-refractivity contribution in [1.82, 2.24) is 0 Å². The van der Waals surface area contributed by atoms with Gasteiger partial charge in [0.05, 0.1) is 4.92 Å². The lowest BCUT2D eigenvalue weighted by molar-refractivity contribution is -0.538. The van der Waals surface area contributed by atoms with E-state index in [1.165, 1.54) is 0 Å². The van der Waals surface area contributed by atoms with Crippen LogP contribution in [0.1, 0.15) is 0 Å². The third-order valence-electron chi connectivity index (χ3n) is 0.616. The summed E-state index contributed by atoms with van der Waals surface area (Å²) < 4.78 is 0. The molecule has 0 saturated carbocycles. The van der Waals surface area contributed by atoms with E-state index in [9.17, 15) is 10.1 Å². The first-order chi connectivity index (χ1) is 4.15. The number of nitro groups is 1. The Bertz CT molecular complexity index is 185. The Balaban J connectivity index is 2.88. The van der Waals surface area contributed by atoms with Crippen LogP contribution in [-0.2, 0) is 0 Å². The highest BCUT2D eigenvalue weighted by Crippen LogP contribution is 2.24. The molecular weight excluding hydrogens is 149 g/mol. The highest BCUT2D eigenvalue weighted by Gasteiger charge is 2.44. The molecule has 0 spiro atoms. The zero-order valence-corrected chi connectivity index (χ0v) is 4.69. The molecule has 0 saturated heterocycles. The van der Waals surface area contributed by atoms with Crippen molar-refractivity contribution in [2.45, 2.75) is 5.25 Å². The van der Waals surface area contributed by atoms with Gasteiger partial charge in [-0.25, -0.2) is 0 Å². The molecule has 0 radical (unpaired) electrons. The molecule has 7 nitrogen and oxygen atoms in total. The molecule has 0 bridgehead atoms. The maximum absolute atomic E-state index is 9.89. The summed E-state index contributed by atoms with van der Waals surface area (Å²) in [7, 11) is 0. The van der Waals surface area contributed by atoms with Crippen LogP contribution < -0.4 is 0 Å². The molecule has 0 aliphatic carbocycles. The average Bonchev–Trinajstić information content (AvgIpc) is 2.16. The molecule has 9 heavy (non-hydrogen) atoms. The molecule has 48 valence electrons. The summed E-state index contributed by atoms with van der Waals surface area (Å²) in [6, 6.07) is 0. The highest BCUT2D eigenvalue weighted by atomic mass is 35.5. The topological polar surface area (TPSA) is 92.6 Å². The number of hydrogen-bond acceptors (Lipinski definition) is 6. The van der Waals surface area contributed by atoms with Gasteiger partial charge in [0, 0.05) is 11.6 Å². The molecule has 0 fully saturated rings. The summed E-state index contributed by atoms with van der Waals surface area (Å²) in [6.07, 6.45) is 0. The zero-order valence-electron chi connectivity index (χ0n) is 3.93. The molecule has 0 aromatic rings. The molecule has 0 amide bonds. The van der Waals surface area contributed by atoms with Crippen LogP contribution in [0.3, 0.4) is 0 Å². The lowest BCUT2D eigenvalue weighted by Gasteiger charge is -1.96. The van der Waals surface area contributed by atoms with Gasteiger partial charge >= 0.3 is 5.25 Å². The van der Waals surface area contributed by atoms with Crippen LogP contribution in [0.5, 0.6) is 0 Å². The Labute approximate surface area is 53.6 Å². The molecular formula is CClN5O2. The minimum Gasteiger partial charge on any atom is -0.259 e. The molecule has 0 N–H and O–H groups in total. The Morgan fingerprint density at radius 1 is 1.44 bits per heavy atom. The first-order valence-electron chi connectivity index (χ1n) is 1.82. The van der Waals surface area contributed by atoms with Crippen LogP contribution in [0.2, 0.25) is 0 Å². The van der Waals surface area contributed by atoms with E-state index in [0.29, 0.717) is 0 Å². The first kappa shape index (κ1) is 6.02. The van der Waals surface area contributed by atoms with E-state index in [4.69, 9.17) is 11.6 Å². The molecule has 8 heteroatoms. The fourth-order valence-electron chi connectivity index (χ4n) is 0.247. The average molecular weight is 149 g/mol. The fourth-order valence-corrected chi connectivity index (χ4v) is 0.314. The van der Waals surface area contributed by atoms with Crippen LogP contribution in [0.25, 0.3) is 0 Å². The van der Waals surface area contributed by atoms with Crippen molar-refractivity contribution >= 4 is 11.6 Å². The molecule has 0 aromatic heterocycles. The molecule has 0 unspecified atom stereocenters. The smallest absolute Gasteiger partial charge is 0.259 e. The van der Waals surface area contributed by atoms with E-state index in [-0.39, 0.29) is 0 Å². The second-order valence-corrected chi connectivity index (χ2v) is 1.70. The quantitative estimate of drug-likeness (QED) is 0.240. The third kappa shape index (κ3) is 0.854. The normalized spacial score (nSPS) is 20.6. The van der Waals surface area contributed by atoms with Gasteiger partial charge in [-0.15, -0.1) is 0 Å². The molecule has 0 aromatic carbocycles. The Morgan fingerprint density at radius 3 is 2.11 bits per heavy atom. The number of alkyl halides is 1. The maximum atomic E-state index is 9.89. The maximum Gasteiger partial charge on any atom is 0.530 e. The lowest BCUT2D eigenvalue weighted by Crippen LogP contribution is -2.23. The highest BCUT2D eigenvalue weighted by molar-refractivity contribution is 6.22. The second kappa shape index (κ2) is 1.69. The lowest BCUT2D eigenvalue weighted by atomic mass is 10.9. The van der Waals surface area contributed by atoms with Crippen LogP contribution in [-0.4, -0.2) is 10.2 Å². The molecule has 0 atom stereocenters. The van der Waals surface area contributed by atoms with Crippen molar-refractivity contribution in [2.75, 3.05) is 0 Å². The van der Waals surface area contributed by atoms with E-state index in [1.54, 1.807) is 0 Å². The van der Waals surface area contributed by atoms with Crippen LogP contribution in [0, 0.1) is 10.1 Å². The Hall–Kier alpha value is -1.11. The van der Waals surface area contributed by atoms with Gasteiger partial charge in [-0.1, -0.05) is 0 Å². The van der Waals surface area contributed by atoms with Crippen molar-refractivity contribution < 1.29 is 4.92 Å². The van der Waals surface area contributed by atoms with Gasteiger partial charge in [-0.2, -0.15) is 0 Å². The summed E-state index contributed by atoms with van der Waals surface area (Å²) >= 11 is 5.09. The van der Waals surface area contributed by atoms with Crippen molar-refractivity contribution in [1.29, 1.82) is 0 Å². The predicted octanol–water partition coefficient (Wildman–Crippen LogP) is 0.946. The van der Waals surface area contributed by atoms with Gasteiger partial charge in [0.2, 0.25) is 0 Å². The fraction of sp³-hybridized carbons (Fsp3) is 1.00. The predicted molar refractivity (Wildman–Crippen MR) is 25.3 cm³/mol. The molecule has 1 aliphatic heterocycles. The number of halogens is 1. The van der Waals surface area contributed by atoms with E-state index in [1.807, 2.05) is 0 Å². The second-order valence-electron chi connectivity index (χ2n) is 1.19. The third-order valence-corrected chi connectivity index (χ3v) is 0.905. The van der Waals surface area contributed by atoms with Gasteiger partial charge in [-0.05, 0) is 20.7 Å². The Kier molecular flexibility index (Phi) is 1.13. The summed E-state index contributed by atoms with van der Waals surface area (Å²) in [5.74, 6) is 0.